The normalized spacial score (nSPS) is 14.0. The molecule has 8 heteroatoms. The Hall–Kier alpha value is -2.97. The number of thiazole rings is 1. The van der Waals surface area contributed by atoms with E-state index in [1.165, 1.54) is 6.92 Å². The molecule has 1 aliphatic rings. The predicted molar refractivity (Wildman–Crippen MR) is 118 cm³/mol. The summed E-state index contributed by atoms with van der Waals surface area (Å²) in [7, 11) is 1.55. The summed E-state index contributed by atoms with van der Waals surface area (Å²) in [6, 6.07) is 10.8. The molecule has 1 fully saturated rings. The van der Waals surface area contributed by atoms with Crippen molar-refractivity contribution in [2.24, 2.45) is 0 Å². The van der Waals surface area contributed by atoms with Crippen molar-refractivity contribution in [3.8, 4) is 5.75 Å². The maximum Gasteiger partial charge on any atom is 0.228 e. The number of amides is 1. The Morgan fingerprint density at radius 1 is 1.20 bits per heavy atom. The van der Waals surface area contributed by atoms with Crippen molar-refractivity contribution in [2.45, 2.75) is 13.3 Å². The molecule has 0 bridgehead atoms. The quantitative estimate of drug-likeness (QED) is 0.609. The van der Waals surface area contributed by atoms with Crippen molar-refractivity contribution in [3.63, 3.8) is 0 Å². The van der Waals surface area contributed by atoms with Crippen LogP contribution in [-0.2, 0) is 16.0 Å². The molecule has 0 aliphatic carbocycles. The highest BCUT2D eigenvalue weighted by molar-refractivity contribution is 7.22. The van der Waals surface area contributed by atoms with Crippen LogP contribution in [0.1, 0.15) is 22.8 Å². The van der Waals surface area contributed by atoms with E-state index >= 15 is 0 Å². The van der Waals surface area contributed by atoms with Crippen LogP contribution in [0.3, 0.4) is 0 Å². The summed E-state index contributed by atoms with van der Waals surface area (Å²) in [5.74, 6) is 0.362. The Morgan fingerprint density at radius 3 is 2.73 bits per heavy atom. The predicted octanol–water partition coefficient (Wildman–Crippen LogP) is 3.53. The number of methoxy groups -OCH3 is 1. The summed E-state index contributed by atoms with van der Waals surface area (Å²) >= 11 is 1.61. The van der Waals surface area contributed by atoms with E-state index in [0.717, 1.165) is 28.4 Å². The van der Waals surface area contributed by atoms with Gasteiger partial charge in [-0.3, -0.25) is 9.59 Å². The van der Waals surface area contributed by atoms with Crippen LogP contribution in [0.25, 0.3) is 10.2 Å². The zero-order chi connectivity index (χ0) is 21.1. The van der Waals surface area contributed by atoms with Crippen LogP contribution in [0.5, 0.6) is 5.75 Å². The van der Waals surface area contributed by atoms with Gasteiger partial charge >= 0.3 is 0 Å². The van der Waals surface area contributed by atoms with Gasteiger partial charge in [0.2, 0.25) is 5.91 Å². The standard InChI is InChI=1S/C22H23N3O4S/c1-14(26)15-3-6-19(28-2)16(11-15)12-21(27)23-17-4-5-18-20(13-17)30-22(24-18)25-7-9-29-10-8-25/h3-6,11,13H,7-10,12H2,1-2H3,(H,23,27). The lowest BCUT2D eigenvalue weighted by Crippen LogP contribution is -2.36. The van der Waals surface area contributed by atoms with Gasteiger partial charge in [-0.25, -0.2) is 4.98 Å². The lowest BCUT2D eigenvalue weighted by molar-refractivity contribution is -0.115. The molecule has 30 heavy (non-hydrogen) atoms. The molecular weight excluding hydrogens is 402 g/mol. The third-order valence-electron chi connectivity index (χ3n) is 4.98. The van der Waals surface area contributed by atoms with E-state index in [9.17, 15) is 9.59 Å². The van der Waals surface area contributed by atoms with Gasteiger partial charge in [-0.2, -0.15) is 0 Å². The number of fused-ring (bicyclic) bond motifs is 1. The Kier molecular flexibility index (Phi) is 5.96. The number of nitrogens with zero attached hydrogens (tertiary/aromatic N) is 2. The van der Waals surface area contributed by atoms with Crippen LogP contribution in [0.15, 0.2) is 36.4 Å². The molecule has 2 aromatic carbocycles. The number of ether oxygens (including phenoxy) is 2. The van der Waals surface area contributed by atoms with Gasteiger partial charge < -0.3 is 19.7 Å². The zero-order valence-corrected chi connectivity index (χ0v) is 17.8. The molecule has 1 aromatic heterocycles. The van der Waals surface area contributed by atoms with Crippen LogP contribution in [0.2, 0.25) is 0 Å². The number of morpholine rings is 1. The van der Waals surface area contributed by atoms with Crippen molar-refractivity contribution in [1.82, 2.24) is 4.98 Å². The first kappa shape index (κ1) is 20.3. The summed E-state index contributed by atoms with van der Waals surface area (Å²) in [5, 5.41) is 3.91. The molecule has 0 spiro atoms. The number of rotatable bonds is 6. The second kappa shape index (κ2) is 8.81. The van der Waals surface area contributed by atoms with Crippen LogP contribution in [0, 0.1) is 0 Å². The lowest BCUT2D eigenvalue weighted by atomic mass is 10.0. The molecule has 4 rings (SSSR count). The average molecular weight is 426 g/mol. The molecule has 3 aromatic rings. The van der Waals surface area contributed by atoms with E-state index in [1.807, 2.05) is 18.2 Å². The molecule has 1 N–H and O–H groups in total. The molecule has 1 saturated heterocycles. The second-order valence-corrected chi connectivity index (χ2v) is 8.10. The van der Waals surface area contributed by atoms with Crippen LogP contribution in [0.4, 0.5) is 10.8 Å². The van der Waals surface area contributed by atoms with Gasteiger partial charge in [-0.1, -0.05) is 11.3 Å². The van der Waals surface area contributed by atoms with Gasteiger partial charge in [0.05, 0.1) is 37.0 Å². The summed E-state index contributed by atoms with van der Waals surface area (Å²) in [5.41, 5.74) is 2.86. The maximum atomic E-state index is 12.6. The molecule has 1 aliphatic heterocycles. The average Bonchev–Trinajstić information content (AvgIpc) is 3.17. The molecular formula is C22H23N3O4S. The topological polar surface area (TPSA) is 80.8 Å². The number of ketones is 1. The number of carbonyl (C=O) groups excluding carboxylic acids is 2. The van der Waals surface area contributed by atoms with Gasteiger partial charge in [0.1, 0.15) is 5.75 Å². The van der Waals surface area contributed by atoms with Crippen molar-refractivity contribution in [2.75, 3.05) is 43.6 Å². The third-order valence-corrected chi connectivity index (χ3v) is 6.06. The smallest absolute Gasteiger partial charge is 0.228 e. The molecule has 0 saturated carbocycles. The first-order valence-electron chi connectivity index (χ1n) is 9.74. The number of benzene rings is 2. The number of Topliss-reactive ketones (excluding diaryl/α,β-unsaturated/α-hetero) is 1. The minimum Gasteiger partial charge on any atom is -0.496 e. The summed E-state index contributed by atoms with van der Waals surface area (Å²) in [6.45, 7) is 4.60. The minimum atomic E-state index is -0.175. The van der Waals surface area contributed by atoms with Crippen LogP contribution < -0.4 is 15.0 Å². The molecule has 0 radical (unpaired) electrons. The van der Waals surface area contributed by atoms with Crippen LogP contribution >= 0.6 is 11.3 Å². The highest BCUT2D eigenvalue weighted by atomic mass is 32.1. The van der Waals surface area contributed by atoms with E-state index in [1.54, 1.807) is 36.6 Å². The van der Waals surface area contributed by atoms with Crippen molar-refractivity contribution >= 4 is 44.1 Å². The Bertz CT molecular complexity index is 1090. The fraction of sp³-hybridized carbons (Fsp3) is 0.318. The van der Waals surface area contributed by atoms with Crippen LogP contribution in [-0.4, -0.2) is 50.1 Å². The number of anilines is 2. The maximum absolute atomic E-state index is 12.6. The fourth-order valence-electron chi connectivity index (χ4n) is 3.39. The lowest BCUT2D eigenvalue weighted by Gasteiger charge is -2.25. The van der Waals surface area contributed by atoms with Gasteiger partial charge in [0.25, 0.3) is 0 Å². The molecule has 0 atom stereocenters. The third kappa shape index (κ3) is 4.44. The fourth-order valence-corrected chi connectivity index (χ4v) is 4.45. The largest absolute Gasteiger partial charge is 0.496 e. The highest BCUT2D eigenvalue weighted by Gasteiger charge is 2.16. The molecule has 156 valence electrons. The number of hydrogen-bond acceptors (Lipinski definition) is 7. The zero-order valence-electron chi connectivity index (χ0n) is 16.9. The first-order valence-corrected chi connectivity index (χ1v) is 10.6. The monoisotopic (exact) mass is 425 g/mol. The molecule has 1 amide bonds. The van der Waals surface area contributed by atoms with Gasteiger partial charge in [-0.05, 0) is 43.3 Å². The number of hydrogen-bond donors (Lipinski definition) is 1. The highest BCUT2D eigenvalue weighted by Crippen LogP contribution is 2.31. The molecule has 2 heterocycles. The van der Waals surface area contributed by atoms with Gasteiger partial charge in [0, 0.05) is 29.9 Å². The Labute approximate surface area is 178 Å². The van der Waals surface area contributed by atoms with Crippen molar-refractivity contribution < 1.29 is 19.1 Å². The van der Waals surface area contributed by atoms with Gasteiger partial charge in [-0.15, -0.1) is 0 Å². The molecule has 7 nitrogen and oxygen atoms in total. The van der Waals surface area contributed by atoms with E-state index in [2.05, 4.69) is 10.2 Å². The van der Waals surface area contributed by atoms with E-state index in [-0.39, 0.29) is 18.1 Å². The number of nitrogens with one attached hydrogen (secondary N) is 1. The van der Waals surface area contributed by atoms with Crippen molar-refractivity contribution in [3.05, 3.63) is 47.5 Å². The second-order valence-electron chi connectivity index (χ2n) is 7.09. The summed E-state index contributed by atoms with van der Waals surface area (Å²) < 4.78 is 11.8. The Morgan fingerprint density at radius 2 is 2.00 bits per heavy atom. The van der Waals surface area contributed by atoms with Crippen molar-refractivity contribution in [1.29, 1.82) is 0 Å². The van der Waals surface area contributed by atoms with E-state index < -0.39 is 0 Å². The Balaban J connectivity index is 1.49. The first-order chi connectivity index (χ1) is 14.5. The SMILES string of the molecule is COc1ccc(C(C)=O)cc1CC(=O)Nc1ccc2nc(N3CCOCC3)sc2c1. The minimum absolute atomic E-state index is 0.0500. The number of carbonyl (C=O) groups is 2. The van der Waals surface area contributed by atoms with Gasteiger partial charge in [0.15, 0.2) is 10.9 Å². The molecule has 0 unspecified atom stereocenters. The number of aromatic nitrogens is 1. The van der Waals surface area contributed by atoms with E-state index in [4.69, 9.17) is 14.5 Å². The summed E-state index contributed by atoms with van der Waals surface area (Å²) in [4.78, 5) is 31.2. The summed E-state index contributed by atoms with van der Waals surface area (Å²) in [6.07, 6.45) is 0.115. The van der Waals surface area contributed by atoms with E-state index in [0.29, 0.717) is 35.8 Å².